The molecule has 0 aliphatic heterocycles. The Bertz CT molecular complexity index is 4190. The Kier molecular flexibility index (Phi) is 12.5. The molecule has 3 heterocycles. The second-order valence-corrected chi connectivity index (χ2v) is 20.6. The molecule has 11 aromatic rings. The summed E-state index contributed by atoms with van der Waals surface area (Å²) in [4.78, 5) is 6.04. The van der Waals surface area contributed by atoms with Gasteiger partial charge in [-0.1, -0.05) is 191 Å². The van der Waals surface area contributed by atoms with Gasteiger partial charge >= 0.3 is 0 Å². The minimum atomic E-state index is 0.183. The van der Waals surface area contributed by atoms with E-state index in [0.29, 0.717) is 0 Å². The van der Waals surface area contributed by atoms with Gasteiger partial charge in [0, 0.05) is 87.8 Å². The van der Waals surface area contributed by atoms with Crippen molar-refractivity contribution in [1.29, 1.82) is 0 Å². The molecule has 372 valence electrons. The van der Waals surface area contributed by atoms with E-state index in [2.05, 4.69) is 269 Å². The fourth-order valence-corrected chi connectivity index (χ4v) is 13.3. The number of anilines is 4. The van der Waals surface area contributed by atoms with Crippen LogP contribution in [0.15, 0.2) is 256 Å². The number of hydrogen-bond donors (Lipinski definition) is 0. The van der Waals surface area contributed by atoms with Crippen LogP contribution in [0.25, 0.3) is 100 Å². The Hall–Kier alpha value is -9.16. The van der Waals surface area contributed by atoms with Crippen molar-refractivity contribution < 1.29 is 0 Å². The number of fused-ring (bicyclic) bond motifs is 13. The van der Waals surface area contributed by atoms with Crippen LogP contribution in [0.1, 0.15) is 43.6 Å². The third kappa shape index (κ3) is 7.96. The summed E-state index contributed by atoms with van der Waals surface area (Å²) in [6.45, 7) is 12.2. The maximum Gasteiger partial charge on any atom is 0.0625 e. The van der Waals surface area contributed by atoms with Crippen LogP contribution in [0.2, 0.25) is 0 Å². The van der Waals surface area contributed by atoms with Crippen molar-refractivity contribution in [2.45, 2.75) is 39.2 Å². The van der Waals surface area contributed by atoms with Crippen molar-refractivity contribution in [2.24, 2.45) is 0 Å². The lowest BCUT2D eigenvalue weighted by atomic mass is 9.84. The van der Waals surface area contributed by atoms with Gasteiger partial charge in [0.2, 0.25) is 0 Å². The second-order valence-electron chi connectivity index (χ2n) is 19.5. The van der Waals surface area contributed by atoms with Crippen LogP contribution in [-0.4, -0.2) is 15.2 Å². The molecule has 0 saturated carbocycles. The fraction of sp³-hybridized carbons (Fsp3) is 0.0833. The first-order valence-electron chi connectivity index (χ1n) is 27.0. The summed E-state index contributed by atoms with van der Waals surface area (Å²) in [7, 11) is 0. The van der Waals surface area contributed by atoms with Crippen LogP contribution in [0, 0.1) is 0 Å². The number of nitrogens with zero attached hydrogens (tertiary/aromatic N) is 4. The van der Waals surface area contributed by atoms with Gasteiger partial charge in [0.15, 0.2) is 0 Å². The summed E-state index contributed by atoms with van der Waals surface area (Å²) in [6.07, 6.45) is 20.9. The monoisotopic (exact) mass is 1010 g/mol. The van der Waals surface area contributed by atoms with Crippen LogP contribution in [0.4, 0.5) is 22.7 Å². The van der Waals surface area contributed by atoms with Gasteiger partial charge in [0.25, 0.3) is 0 Å². The van der Waals surface area contributed by atoms with E-state index in [1.807, 2.05) is 26.0 Å². The fourth-order valence-electron chi connectivity index (χ4n) is 12.2. The molecule has 1 atom stereocenters. The third-order valence-electron chi connectivity index (χ3n) is 15.4. The van der Waals surface area contributed by atoms with E-state index in [1.54, 1.807) is 11.3 Å². The summed E-state index contributed by atoms with van der Waals surface area (Å²) in [5.41, 5.74) is 21.3. The van der Waals surface area contributed by atoms with Gasteiger partial charge in [0.1, 0.15) is 0 Å². The van der Waals surface area contributed by atoms with Gasteiger partial charge in [-0.15, -0.1) is 11.3 Å². The molecule has 0 radical (unpaired) electrons. The number of thiophene rings is 1. The van der Waals surface area contributed by atoms with E-state index in [0.717, 1.165) is 58.0 Å². The smallest absolute Gasteiger partial charge is 0.0625 e. The number of hydrogen-bond acceptors (Lipinski definition) is 3. The number of rotatable bonds is 10. The van der Waals surface area contributed by atoms with Crippen molar-refractivity contribution in [1.82, 2.24) is 9.13 Å². The normalized spacial score (nSPS) is 14.2. The molecular formula is C72H58N4S. The molecule has 0 N–H and O–H groups in total. The van der Waals surface area contributed by atoms with Gasteiger partial charge in [-0.2, -0.15) is 0 Å². The Morgan fingerprint density at radius 1 is 0.545 bits per heavy atom. The van der Waals surface area contributed by atoms with Crippen LogP contribution in [-0.2, 0) is 0 Å². The van der Waals surface area contributed by atoms with Gasteiger partial charge in [-0.05, 0) is 121 Å². The number of para-hydroxylation sites is 4. The molecule has 8 aromatic carbocycles. The summed E-state index contributed by atoms with van der Waals surface area (Å²) >= 11 is 1.76. The average molecular weight is 1010 g/mol. The highest BCUT2D eigenvalue weighted by Gasteiger charge is 2.33. The second kappa shape index (κ2) is 20.2. The summed E-state index contributed by atoms with van der Waals surface area (Å²) in [6, 6.07) is 73.9. The highest BCUT2D eigenvalue weighted by atomic mass is 32.1. The lowest BCUT2D eigenvalue weighted by molar-refractivity contribution is 0.719. The highest BCUT2D eigenvalue weighted by molar-refractivity contribution is 7.20. The Balaban J connectivity index is 0.00000280. The van der Waals surface area contributed by atoms with E-state index in [4.69, 9.17) is 0 Å². The third-order valence-corrected chi connectivity index (χ3v) is 16.6. The average Bonchev–Trinajstić information content (AvgIpc) is 4.38. The first-order valence-corrected chi connectivity index (χ1v) is 27.8. The SMILES string of the molecule is C=Cc1sc2cc(N(c3ccccc3)c3ccc(-n4c5c(c6ccccc64)-c4ccccc4-c4c(c6ccccc6n4C4=CCC(N(C6=CC=CCC6)c6ccccc6)C=C4)-c4ccccc4-5)cc3)ccc2c1C=C.CC. The van der Waals surface area contributed by atoms with Crippen molar-refractivity contribution in [3.05, 3.63) is 266 Å². The lowest BCUT2D eigenvalue weighted by Crippen LogP contribution is -2.34. The van der Waals surface area contributed by atoms with E-state index in [9.17, 15) is 0 Å². The molecule has 77 heavy (non-hydrogen) atoms. The lowest BCUT2D eigenvalue weighted by Gasteiger charge is -2.36. The molecule has 0 bridgehead atoms. The number of benzene rings is 8. The van der Waals surface area contributed by atoms with Gasteiger partial charge in [0.05, 0.1) is 28.5 Å². The molecular weight excluding hydrogens is 953 g/mol. The molecule has 5 heteroatoms. The molecule has 0 saturated heterocycles. The zero-order valence-corrected chi connectivity index (χ0v) is 44.3. The molecule has 3 aliphatic carbocycles. The summed E-state index contributed by atoms with van der Waals surface area (Å²) in [5, 5.41) is 3.64. The molecule has 0 spiro atoms. The number of allylic oxidation sites excluding steroid dienone is 6. The van der Waals surface area contributed by atoms with Crippen LogP contribution in [0.5, 0.6) is 0 Å². The first kappa shape index (κ1) is 47.5. The molecule has 1 unspecified atom stereocenters. The van der Waals surface area contributed by atoms with Crippen LogP contribution < -0.4 is 9.80 Å². The van der Waals surface area contributed by atoms with Crippen molar-refractivity contribution in [3.8, 4) is 50.5 Å². The first-order chi connectivity index (χ1) is 38.2. The quantitative estimate of drug-likeness (QED) is 0.136. The topological polar surface area (TPSA) is 16.3 Å². The van der Waals surface area contributed by atoms with E-state index < -0.39 is 0 Å². The minimum absolute atomic E-state index is 0.183. The molecule has 3 aliphatic rings. The van der Waals surface area contributed by atoms with Gasteiger partial charge in [-0.25, -0.2) is 0 Å². The zero-order chi connectivity index (χ0) is 52.0. The maximum absolute atomic E-state index is 4.13. The Morgan fingerprint density at radius 3 is 1.70 bits per heavy atom. The molecule has 0 amide bonds. The maximum atomic E-state index is 4.13. The van der Waals surface area contributed by atoms with Gasteiger partial charge in [-0.3, -0.25) is 0 Å². The Labute approximate surface area is 455 Å². The standard InChI is InChI=1S/C70H52N4S.C2H6/c1-3-55-56-45-44-54(46-66(56)75-65(55)4-2)72(49-26-12-7-13-27-49)51-38-42-53(43-39-51)74-64-35-21-19-33-62(64)68-57-28-14-16-30-59(57)69-67(58-29-15-17-31-60(58)70(68)74)61-32-18-20-34-63(61)73(69)52-40-36-50(37-41-52)71(47-22-8-5-9-23-47)48-24-10-6-11-25-48;1-2/h3-10,12-24,26-36,38-46,50H,1-2,11,25,37H2;1-2H3. The van der Waals surface area contributed by atoms with Crippen molar-refractivity contribution in [2.75, 3.05) is 9.80 Å². The van der Waals surface area contributed by atoms with E-state index in [-0.39, 0.29) is 6.04 Å². The molecule has 0 fully saturated rings. The van der Waals surface area contributed by atoms with Crippen molar-refractivity contribution >= 4 is 83.8 Å². The summed E-state index contributed by atoms with van der Waals surface area (Å²) in [5.74, 6) is 0. The highest BCUT2D eigenvalue weighted by Crippen LogP contribution is 2.55. The molecule has 14 rings (SSSR count). The van der Waals surface area contributed by atoms with Crippen LogP contribution >= 0.6 is 11.3 Å². The largest absolute Gasteiger partial charge is 0.338 e. The Morgan fingerprint density at radius 2 is 1.10 bits per heavy atom. The summed E-state index contributed by atoms with van der Waals surface area (Å²) < 4.78 is 6.26. The molecule has 3 aromatic heterocycles. The van der Waals surface area contributed by atoms with E-state index >= 15 is 0 Å². The van der Waals surface area contributed by atoms with Crippen molar-refractivity contribution in [3.63, 3.8) is 0 Å². The van der Waals surface area contributed by atoms with Gasteiger partial charge < -0.3 is 18.9 Å². The number of aromatic nitrogens is 2. The predicted octanol–water partition coefficient (Wildman–Crippen LogP) is 20.5. The predicted molar refractivity (Wildman–Crippen MR) is 333 cm³/mol. The van der Waals surface area contributed by atoms with Crippen LogP contribution in [0.3, 0.4) is 0 Å². The zero-order valence-electron chi connectivity index (χ0n) is 43.5. The van der Waals surface area contributed by atoms with E-state index in [1.165, 1.54) is 88.2 Å². The minimum Gasteiger partial charge on any atom is -0.338 e. The molecule has 4 nitrogen and oxygen atoms in total.